The molecular weight excluding hydrogens is 399 g/mol. The van der Waals surface area contributed by atoms with Gasteiger partial charge in [-0.05, 0) is 24.5 Å². The number of hydrogen-bond acceptors (Lipinski definition) is 6. The fourth-order valence-corrected chi connectivity index (χ4v) is 3.32. The van der Waals surface area contributed by atoms with Crippen LogP contribution in [0.1, 0.15) is 30.9 Å². The fraction of sp³-hybridized carbons (Fsp3) is 0.238. The molecule has 1 aliphatic rings. The number of rotatable bonds is 7. The minimum absolute atomic E-state index is 0. The molecule has 1 unspecified atom stereocenters. The molecule has 3 rings (SSSR count). The van der Waals surface area contributed by atoms with E-state index in [-0.39, 0.29) is 29.6 Å². The Kier molecular flexibility index (Phi) is 7.77. The van der Waals surface area contributed by atoms with E-state index in [9.17, 15) is 24.3 Å². The van der Waals surface area contributed by atoms with Gasteiger partial charge in [0.2, 0.25) is 0 Å². The molecule has 1 fully saturated rings. The standard InChI is InChI=1S/C21H20N2O6.Na/c1-14(29-18(26)13-12-17(24)25)23-19(27)21(22-20(23)28,15-8-4-2-5-9-15)16-10-6-3-7-11-16;/h2-11,14H,12-13H2,1H3,(H,22,28)(H,24,25);/q;+1/p-1. The van der Waals surface area contributed by atoms with E-state index >= 15 is 0 Å². The van der Waals surface area contributed by atoms with E-state index in [2.05, 4.69) is 5.32 Å². The Hall–Kier alpha value is -2.68. The van der Waals surface area contributed by atoms with Crippen molar-refractivity contribution in [3.63, 3.8) is 0 Å². The van der Waals surface area contributed by atoms with Crippen LogP contribution >= 0.6 is 0 Å². The summed E-state index contributed by atoms with van der Waals surface area (Å²) < 4.78 is 5.10. The molecule has 2 aromatic rings. The second-order valence-corrected chi connectivity index (χ2v) is 6.55. The molecule has 1 atom stereocenters. The maximum atomic E-state index is 13.5. The van der Waals surface area contributed by atoms with Gasteiger partial charge in [-0.3, -0.25) is 9.59 Å². The number of urea groups is 1. The smallest absolute Gasteiger partial charge is 0.550 e. The van der Waals surface area contributed by atoms with Crippen molar-refractivity contribution in [3.8, 4) is 0 Å². The number of imide groups is 1. The van der Waals surface area contributed by atoms with Crippen LogP contribution in [0.2, 0.25) is 0 Å². The van der Waals surface area contributed by atoms with Gasteiger partial charge >= 0.3 is 41.6 Å². The molecule has 1 saturated heterocycles. The molecule has 0 aromatic heterocycles. The SMILES string of the molecule is CC(OC(=O)CCC(=O)[O-])N1C(=O)NC(c2ccccc2)(c2ccccc2)C1=O.[Na+]. The number of amides is 3. The van der Waals surface area contributed by atoms with Crippen molar-refractivity contribution in [2.75, 3.05) is 0 Å². The van der Waals surface area contributed by atoms with Gasteiger partial charge in [-0.15, -0.1) is 0 Å². The number of aliphatic carboxylic acids is 1. The molecule has 1 N–H and O–H groups in total. The Morgan fingerprint density at radius 1 is 1.00 bits per heavy atom. The number of nitrogens with one attached hydrogen (secondary N) is 1. The summed E-state index contributed by atoms with van der Waals surface area (Å²) in [6.07, 6.45) is -2.14. The number of hydrogen-bond donors (Lipinski definition) is 1. The molecule has 2 aromatic carbocycles. The third-order valence-corrected chi connectivity index (χ3v) is 4.67. The van der Waals surface area contributed by atoms with Crippen LogP contribution in [-0.2, 0) is 24.7 Å². The number of carboxylic acid groups (broad SMARTS) is 1. The number of carboxylic acids is 1. The Labute approximate surface area is 195 Å². The van der Waals surface area contributed by atoms with Gasteiger partial charge in [0.15, 0.2) is 11.8 Å². The number of esters is 1. The summed E-state index contributed by atoms with van der Waals surface area (Å²) in [7, 11) is 0. The molecule has 0 spiro atoms. The summed E-state index contributed by atoms with van der Waals surface area (Å²) in [5, 5.41) is 13.2. The van der Waals surface area contributed by atoms with E-state index in [0.29, 0.717) is 11.1 Å². The molecular formula is C21H19N2NaO6. The third kappa shape index (κ3) is 4.56. The minimum Gasteiger partial charge on any atom is -0.550 e. The van der Waals surface area contributed by atoms with Crippen LogP contribution < -0.4 is 40.0 Å². The minimum atomic E-state index is -1.47. The van der Waals surface area contributed by atoms with Crippen molar-refractivity contribution >= 4 is 23.9 Å². The van der Waals surface area contributed by atoms with Crippen LogP contribution in [0.4, 0.5) is 4.79 Å². The number of benzene rings is 2. The van der Waals surface area contributed by atoms with Gasteiger partial charge in [0.05, 0.1) is 6.42 Å². The number of nitrogens with zero attached hydrogens (tertiary/aromatic N) is 1. The average Bonchev–Trinajstić information content (AvgIpc) is 2.99. The molecule has 150 valence electrons. The van der Waals surface area contributed by atoms with Gasteiger partial charge in [-0.2, -0.15) is 0 Å². The van der Waals surface area contributed by atoms with Crippen molar-refractivity contribution in [2.45, 2.75) is 31.5 Å². The maximum absolute atomic E-state index is 13.5. The zero-order valence-electron chi connectivity index (χ0n) is 16.7. The van der Waals surface area contributed by atoms with E-state index < -0.39 is 48.5 Å². The quantitative estimate of drug-likeness (QED) is 0.313. The Bertz CT molecular complexity index is 896. The Balaban J connectivity index is 0.00000320. The molecule has 1 heterocycles. The molecule has 0 bridgehead atoms. The predicted octanol–water partition coefficient (Wildman–Crippen LogP) is -2.09. The molecule has 1 aliphatic heterocycles. The number of ether oxygens (including phenoxy) is 1. The van der Waals surface area contributed by atoms with Gasteiger partial charge in [0.25, 0.3) is 5.91 Å². The summed E-state index contributed by atoms with van der Waals surface area (Å²) in [6.45, 7) is 1.38. The van der Waals surface area contributed by atoms with Gasteiger partial charge in [-0.1, -0.05) is 60.7 Å². The van der Waals surface area contributed by atoms with E-state index in [1.807, 2.05) is 0 Å². The van der Waals surface area contributed by atoms with E-state index in [4.69, 9.17) is 4.74 Å². The molecule has 30 heavy (non-hydrogen) atoms. The number of carbonyl (C=O) groups is 4. The first-order chi connectivity index (χ1) is 13.9. The molecule has 0 aliphatic carbocycles. The first-order valence-electron chi connectivity index (χ1n) is 9.02. The van der Waals surface area contributed by atoms with Crippen molar-refractivity contribution in [1.29, 1.82) is 0 Å². The Morgan fingerprint density at radius 2 is 1.50 bits per heavy atom. The van der Waals surface area contributed by atoms with E-state index in [0.717, 1.165) is 4.90 Å². The fourth-order valence-electron chi connectivity index (χ4n) is 3.32. The topological polar surface area (TPSA) is 116 Å². The summed E-state index contributed by atoms with van der Waals surface area (Å²) in [6, 6.07) is 16.8. The van der Waals surface area contributed by atoms with Crippen LogP contribution in [0, 0.1) is 0 Å². The van der Waals surface area contributed by atoms with Gasteiger partial charge in [0.1, 0.15) is 0 Å². The first kappa shape index (κ1) is 23.6. The average molecular weight is 418 g/mol. The molecule has 3 amide bonds. The van der Waals surface area contributed by atoms with E-state index in [1.54, 1.807) is 60.7 Å². The predicted molar refractivity (Wildman–Crippen MR) is 98.8 cm³/mol. The monoisotopic (exact) mass is 418 g/mol. The summed E-state index contributed by atoms with van der Waals surface area (Å²) in [5.74, 6) is -2.84. The zero-order valence-corrected chi connectivity index (χ0v) is 18.7. The molecule has 9 heteroatoms. The second kappa shape index (κ2) is 9.88. The zero-order chi connectivity index (χ0) is 21.0. The Morgan fingerprint density at radius 3 is 1.97 bits per heavy atom. The largest absolute Gasteiger partial charge is 1.00 e. The summed E-state index contributed by atoms with van der Waals surface area (Å²) >= 11 is 0. The van der Waals surface area contributed by atoms with Crippen LogP contribution in [0.25, 0.3) is 0 Å². The van der Waals surface area contributed by atoms with Crippen LogP contribution in [0.5, 0.6) is 0 Å². The molecule has 8 nitrogen and oxygen atoms in total. The molecule has 0 radical (unpaired) electrons. The summed E-state index contributed by atoms with van der Waals surface area (Å²) in [5.41, 5.74) is -0.351. The molecule has 0 saturated carbocycles. The summed E-state index contributed by atoms with van der Waals surface area (Å²) in [4.78, 5) is 49.4. The second-order valence-electron chi connectivity index (χ2n) is 6.55. The first-order valence-corrected chi connectivity index (χ1v) is 9.02. The van der Waals surface area contributed by atoms with Gasteiger partial charge in [0, 0.05) is 5.97 Å². The van der Waals surface area contributed by atoms with Crippen LogP contribution in [-0.4, -0.2) is 35.0 Å². The van der Waals surface area contributed by atoms with Crippen molar-refractivity contribution in [3.05, 3.63) is 71.8 Å². The normalized spacial score (nSPS) is 15.7. The van der Waals surface area contributed by atoms with Crippen LogP contribution in [0.3, 0.4) is 0 Å². The van der Waals surface area contributed by atoms with Gasteiger partial charge in [-0.25, -0.2) is 9.69 Å². The maximum Gasteiger partial charge on any atom is 1.00 e. The third-order valence-electron chi connectivity index (χ3n) is 4.67. The number of carbonyl (C=O) groups excluding carboxylic acids is 4. The van der Waals surface area contributed by atoms with Gasteiger partial charge < -0.3 is 20.0 Å². The van der Waals surface area contributed by atoms with Crippen molar-refractivity contribution < 1.29 is 58.6 Å². The van der Waals surface area contributed by atoms with E-state index in [1.165, 1.54) is 6.92 Å². The van der Waals surface area contributed by atoms with Crippen molar-refractivity contribution in [2.24, 2.45) is 0 Å². The van der Waals surface area contributed by atoms with Crippen LogP contribution in [0.15, 0.2) is 60.7 Å². The van der Waals surface area contributed by atoms with Crippen molar-refractivity contribution in [1.82, 2.24) is 10.2 Å².